The molecule has 5 rings (SSSR count). The minimum absolute atomic E-state index is 0.0522. The van der Waals surface area contributed by atoms with Crippen molar-refractivity contribution in [2.24, 2.45) is 10.1 Å². The number of carbonyl (C=O) groups is 2. The maximum absolute atomic E-state index is 13.7. The maximum Gasteiger partial charge on any atom is 0.311 e. The number of amides is 2. The standard InChI is InChI=1S/C26H26N4O5S3/c27-23(31)20-13-19(18-9-12-36-16-18)22(14-21(20)24(32)30-10-5-2-6-11-30)26(15-17-7-3-1-4-8-17)25(28-37-29-26)38(33,34)35/h1,3-4,7-9,12-14,16,29H,2,5-6,10-11,15H2,(H2,27,31)(H,33,34,35). The van der Waals surface area contributed by atoms with Crippen LogP contribution in [-0.2, 0) is 22.1 Å². The molecule has 0 radical (unpaired) electrons. The van der Waals surface area contributed by atoms with E-state index in [0.29, 0.717) is 29.8 Å². The van der Waals surface area contributed by atoms with Gasteiger partial charge in [0, 0.05) is 19.5 Å². The van der Waals surface area contributed by atoms with Crippen LogP contribution >= 0.6 is 23.5 Å². The third-order valence-electron chi connectivity index (χ3n) is 6.86. The molecule has 2 amide bonds. The Morgan fingerprint density at radius 3 is 2.45 bits per heavy atom. The fourth-order valence-electron chi connectivity index (χ4n) is 5.07. The second-order valence-electron chi connectivity index (χ2n) is 9.31. The molecule has 0 spiro atoms. The molecule has 4 N–H and O–H groups in total. The molecule has 12 heteroatoms. The lowest BCUT2D eigenvalue weighted by Crippen LogP contribution is -2.48. The van der Waals surface area contributed by atoms with Crippen LogP contribution in [0.5, 0.6) is 0 Å². The second kappa shape index (κ2) is 10.6. The molecule has 0 bridgehead atoms. The van der Waals surface area contributed by atoms with Crippen LogP contribution < -0.4 is 10.5 Å². The monoisotopic (exact) mass is 570 g/mol. The molecule has 38 heavy (non-hydrogen) atoms. The fraction of sp³-hybridized carbons (Fsp3) is 0.269. The summed E-state index contributed by atoms with van der Waals surface area (Å²) in [5.41, 5.74) is 6.78. The van der Waals surface area contributed by atoms with E-state index in [1.165, 1.54) is 11.3 Å². The average Bonchev–Trinajstić information content (AvgIpc) is 3.60. The highest BCUT2D eigenvalue weighted by atomic mass is 32.2. The first-order valence-electron chi connectivity index (χ1n) is 12.0. The zero-order chi connectivity index (χ0) is 26.9. The number of nitrogens with one attached hydrogen (secondary N) is 1. The van der Waals surface area contributed by atoms with Crippen LogP contribution in [-0.4, -0.2) is 47.8 Å². The molecular formula is C26H26N4O5S3. The molecule has 1 aromatic heterocycles. The van der Waals surface area contributed by atoms with Gasteiger partial charge in [-0.2, -0.15) is 24.2 Å². The summed E-state index contributed by atoms with van der Waals surface area (Å²) in [6, 6.07) is 14.1. The van der Waals surface area contributed by atoms with E-state index < -0.39 is 26.6 Å². The molecule has 3 heterocycles. The minimum Gasteiger partial charge on any atom is -0.366 e. The number of carbonyl (C=O) groups excluding carboxylic acids is 2. The largest absolute Gasteiger partial charge is 0.366 e. The van der Waals surface area contributed by atoms with Crippen molar-refractivity contribution in [3.05, 3.63) is 81.5 Å². The highest BCUT2D eigenvalue weighted by Crippen LogP contribution is 2.43. The van der Waals surface area contributed by atoms with Crippen LogP contribution in [0.1, 0.15) is 51.1 Å². The van der Waals surface area contributed by atoms with Crippen LogP contribution in [0.15, 0.2) is 63.7 Å². The van der Waals surface area contributed by atoms with Gasteiger partial charge in [-0.05, 0) is 70.5 Å². The number of thiophene rings is 1. The quantitative estimate of drug-likeness (QED) is 0.300. The first-order chi connectivity index (χ1) is 18.2. The number of nitrogens with two attached hydrogens (primary N) is 1. The number of likely N-dealkylation sites (tertiary alicyclic amines) is 1. The van der Waals surface area contributed by atoms with Gasteiger partial charge in [0.05, 0.1) is 23.3 Å². The fourth-order valence-corrected chi connectivity index (χ4v) is 7.67. The molecule has 2 aliphatic heterocycles. The predicted octanol–water partition coefficient (Wildman–Crippen LogP) is 4.03. The summed E-state index contributed by atoms with van der Waals surface area (Å²) in [5.74, 6) is -1.11. The van der Waals surface area contributed by atoms with Crippen molar-refractivity contribution >= 4 is 50.4 Å². The molecule has 0 saturated carbocycles. The Kier molecular flexibility index (Phi) is 7.43. The van der Waals surface area contributed by atoms with E-state index in [2.05, 4.69) is 9.12 Å². The van der Waals surface area contributed by atoms with E-state index in [-0.39, 0.29) is 23.5 Å². The number of hydrogen-bond donors (Lipinski definition) is 3. The van der Waals surface area contributed by atoms with Gasteiger partial charge < -0.3 is 10.6 Å². The second-order valence-corrected chi connectivity index (χ2v) is 12.0. The summed E-state index contributed by atoms with van der Waals surface area (Å²) in [6.45, 7) is 1.11. The van der Waals surface area contributed by atoms with Crippen LogP contribution in [0.25, 0.3) is 11.1 Å². The Bertz CT molecular complexity index is 1500. The van der Waals surface area contributed by atoms with Crippen molar-refractivity contribution in [2.45, 2.75) is 31.2 Å². The lowest BCUT2D eigenvalue weighted by molar-refractivity contribution is 0.0719. The Balaban J connectivity index is 1.80. The van der Waals surface area contributed by atoms with Crippen molar-refractivity contribution in [3.8, 4) is 11.1 Å². The Morgan fingerprint density at radius 1 is 1.08 bits per heavy atom. The predicted molar refractivity (Wildman–Crippen MR) is 150 cm³/mol. The van der Waals surface area contributed by atoms with E-state index in [0.717, 1.165) is 37.0 Å². The molecular weight excluding hydrogens is 545 g/mol. The highest BCUT2D eigenvalue weighted by molar-refractivity contribution is 8.05. The number of benzene rings is 2. The SMILES string of the molecule is NC(=O)c1cc(-c2ccsc2)c(C2(Cc3ccccc3)NSN=C2S(=O)(=O)O)cc1C(=O)N1CCCCC1. The van der Waals surface area contributed by atoms with Gasteiger partial charge in [0.25, 0.3) is 5.91 Å². The summed E-state index contributed by atoms with van der Waals surface area (Å²) >= 11 is 2.23. The lowest BCUT2D eigenvalue weighted by atomic mass is 9.79. The van der Waals surface area contributed by atoms with Crippen molar-refractivity contribution < 1.29 is 22.6 Å². The Hall–Kier alpha value is -3.03. The number of primary amides is 1. The van der Waals surface area contributed by atoms with Crippen LogP contribution in [0.2, 0.25) is 0 Å². The highest BCUT2D eigenvalue weighted by Gasteiger charge is 2.50. The number of hydrogen-bond acceptors (Lipinski definition) is 8. The molecule has 1 fully saturated rings. The molecule has 3 aromatic rings. The third-order valence-corrected chi connectivity index (χ3v) is 9.30. The molecule has 198 valence electrons. The van der Waals surface area contributed by atoms with Gasteiger partial charge in [0.15, 0.2) is 5.04 Å². The first kappa shape index (κ1) is 26.6. The summed E-state index contributed by atoms with van der Waals surface area (Å²) in [4.78, 5) is 28.1. The summed E-state index contributed by atoms with van der Waals surface area (Å²) in [6.07, 6.45) is 2.83. The number of rotatable bonds is 6. The van der Waals surface area contributed by atoms with Crippen molar-refractivity contribution in [1.82, 2.24) is 9.62 Å². The van der Waals surface area contributed by atoms with E-state index in [9.17, 15) is 22.6 Å². The lowest BCUT2D eigenvalue weighted by Gasteiger charge is -2.33. The maximum atomic E-state index is 13.7. The zero-order valence-corrected chi connectivity index (χ0v) is 22.7. The van der Waals surface area contributed by atoms with Gasteiger partial charge in [-0.25, -0.2) is 4.72 Å². The first-order valence-corrected chi connectivity index (χ1v) is 15.2. The topological polar surface area (TPSA) is 142 Å². The van der Waals surface area contributed by atoms with Gasteiger partial charge in [-0.15, -0.1) is 0 Å². The van der Waals surface area contributed by atoms with Crippen molar-refractivity contribution in [1.29, 1.82) is 0 Å². The van der Waals surface area contributed by atoms with Crippen molar-refractivity contribution in [3.63, 3.8) is 0 Å². The Labute approximate surface area is 229 Å². The van der Waals surface area contributed by atoms with Crippen LogP contribution in [0, 0.1) is 0 Å². The van der Waals surface area contributed by atoms with E-state index in [1.807, 2.05) is 47.2 Å². The summed E-state index contributed by atoms with van der Waals surface area (Å²) in [7, 11) is -4.76. The molecule has 0 aliphatic carbocycles. The molecule has 9 nitrogen and oxygen atoms in total. The molecule has 1 atom stereocenters. The van der Waals surface area contributed by atoms with E-state index >= 15 is 0 Å². The number of piperidine rings is 1. The Morgan fingerprint density at radius 2 is 1.82 bits per heavy atom. The van der Waals surface area contributed by atoms with Crippen molar-refractivity contribution in [2.75, 3.05) is 13.1 Å². The molecule has 2 aromatic carbocycles. The average molecular weight is 571 g/mol. The zero-order valence-electron chi connectivity index (χ0n) is 20.3. The van der Waals surface area contributed by atoms with Gasteiger partial charge >= 0.3 is 10.1 Å². The van der Waals surface area contributed by atoms with Gasteiger partial charge in [-0.3, -0.25) is 14.1 Å². The van der Waals surface area contributed by atoms with E-state index in [4.69, 9.17) is 5.73 Å². The van der Waals surface area contributed by atoms with Gasteiger partial charge in [-0.1, -0.05) is 30.3 Å². The summed E-state index contributed by atoms with van der Waals surface area (Å²) in [5, 5.41) is 3.24. The molecule has 1 unspecified atom stereocenters. The van der Waals surface area contributed by atoms with E-state index in [1.54, 1.807) is 17.0 Å². The molecule has 2 aliphatic rings. The normalized spacial score (nSPS) is 19.8. The number of nitrogens with zero attached hydrogens (tertiary/aromatic N) is 2. The minimum atomic E-state index is -4.76. The van der Waals surface area contributed by atoms with Crippen LogP contribution in [0.3, 0.4) is 0 Å². The van der Waals surface area contributed by atoms with Gasteiger partial charge in [0.2, 0.25) is 5.91 Å². The summed E-state index contributed by atoms with van der Waals surface area (Å²) < 4.78 is 42.8. The van der Waals surface area contributed by atoms with Crippen LogP contribution in [0.4, 0.5) is 0 Å². The smallest absolute Gasteiger partial charge is 0.311 e. The molecule has 1 saturated heterocycles. The third kappa shape index (κ3) is 5.02. The van der Waals surface area contributed by atoms with Gasteiger partial charge in [0.1, 0.15) is 5.54 Å².